The van der Waals surface area contributed by atoms with Crippen molar-refractivity contribution in [2.45, 2.75) is 33.1 Å². The topological polar surface area (TPSA) is 51.6 Å². The van der Waals surface area contributed by atoms with Crippen LogP contribution in [0.25, 0.3) is 84.4 Å². The predicted octanol–water partition coefficient (Wildman–Crippen LogP) is 12.3. The fraction of sp³-hybridized carbons (Fsp3) is 0.102. The quantitative estimate of drug-likeness (QED) is 0.168. The van der Waals surface area contributed by atoms with Crippen molar-refractivity contribution in [2.75, 3.05) is 0 Å². The molecule has 0 radical (unpaired) electrons. The van der Waals surface area contributed by atoms with Crippen molar-refractivity contribution in [3.05, 3.63) is 174 Å². The molecule has 0 saturated carbocycles. The minimum Gasteiger partial charge on any atom is -0.258 e. The summed E-state index contributed by atoms with van der Waals surface area (Å²) in [5, 5.41) is 2.51. The van der Waals surface area contributed by atoms with Crippen molar-refractivity contribution in [1.82, 2.24) is 19.9 Å². The van der Waals surface area contributed by atoms with E-state index in [1.807, 2.05) is 25.1 Å². The van der Waals surface area contributed by atoms with Crippen molar-refractivity contribution < 1.29 is 0 Å². The first-order valence-corrected chi connectivity index (χ1v) is 18.4. The molecule has 0 unspecified atom stereocenters. The number of aromatic nitrogens is 4. The minimum absolute atomic E-state index is 0.636. The van der Waals surface area contributed by atoms with Crippen molar-refractivity contribution in [2.24, 2.45) is 0 Å². The first-order chi connectivity index (χ1) is 26.1. The third-order valence-corrected chi connectivity index (χ3v) is 10.2. The standard InChI is InChI=1S/C49H38N4/c1-3-44-39(29-28-32(2)50-44)35-20-14-22-37(30-35)48-51-47(34-18-8-5-9-19-34)52-49(53-48)38-23-15-21-36(31-38)46-42-26-12-10-24-40(42)45(33-16-6-4-7-17-33)41-25-11-13-27-43(41)46/h4-10,12-24,26-31H,3,11,25H2,1-2H3. The van der Waals surface area contributed by atoms with Gasteiger partial charge in [-0.1, -0.05) is 146 Å². The number of benzene rings is 6. The van der Waals surface area contributed by atoms with Gasteiger partial charge in [-0.05, 0) is 94.1 Å². The van der Waals surface area contributed by atoms with Gasteiger partial charge in [0.15, 0.2) is 17.5 Å². The molecule has 0 atom stereocenters. The largest absolute Gasteiger partial charge is 0.258 e. The van der Waals surface area contributed by atoms with Crippen LogP contribution in [-0.2, 0) is 12.8 Å². The second-order valence-electron chi connectivity index (χ2n) is 13.6. The van der Waals surface area contributed by atoms with E-state index in [4.69, 9.17) is 19.9 Å². The number of aryl methyl sites for hydroxylation is 2. The summed E-state index contributed by atoms with van der Waals surface area (Å²) in [5.74, 6) is 1.92. The summed E-state index contributed by atoms with van der Waals surface area (Å²) in [6, 6.07) is 51.3. The Bertz CT molecular complexity index is 2660. The molecule has 4 heteroatoms. The van der Waals surface area contributed by atoms with E-state index in [0.29, 0.717) is 17.5 Å². The normalized spacial score (nSPS) is 12.2. The highest BCUT2D eigenvalue weighted by atomic mass is 15.0. The summed E-state index contributed by atoms with van der Waals surface area (Å²) >= 11 is 0. The Morgan fingerprint density at radius 2 is 1.04 bits per heavy atom. The smallest absolute Gasteiger partial charge is 0.164 e. The Kier molecular flexibility index (Phi) is 8.49. The van der Waals surface area contributed by atoms with Crippen molar-refractivity contribution >= 4 is 16.8 Å². The van der Waals surface area contributed by atoms with E-state index in [1.165, 1.54) is 38.6 Å². The Hall–Kier alpha value is -6.52. The molecular formula is C49H38N4. The van der Waals surface area contributed by atoms with E-state index < -0.39 is 0 Å². The summed E-state index contributed by atoms with van der Waals surface area (Å²) in [7, 11) is 0. The minimum atomic E-state index is 0.636. The van der Waals surface area contributed by atoms with Gasteiger partial charge in [-0.2, -0.15) is 0 Å². The zero-order chi connectivity index (χ0) is 35.7. The van der Waals surface area contributed by atoms with Crippen molar-refractivity contribution in [3.63, 3.8) is 0 Å². The molecule has 2 aromatic heterocycles. The highest BCUT2D eigenvalue weighted by Crippen LogP contribution is 2.45. The summed E-state index contributed by atoms with van der Waals surface area (Å²) in [5.41, 5.74) is 14.8. The SMILES string of the molecule is CCc1nc(C)ccc1-c1cccc(-c2nc(-c3ccccc3)nc(-c3cccc(-c4c5c(c(-c6ccccc6)c6ccccc46)CCC=C5)c3)n2)c1. The van der Waals surface area contributed by atoms with Crippen LogP contribution in [0.3, 0.4) is 0 Å². The van der Waals surface area contributed by atoms with Gasteiger partial charge < -0.3 is 0 Å². The molecule has 53 heavy (non-hydrogen) atoms. The fourth-order valence-electron chi connectivity index (χ4n) is 7.76. The maximum absolute atomic E-state index is 5.18. The fourth-order valence-corrected chi connectivity index (χ4v) is 7.76. The van der Waals surface area contributed by atoms with Crippen molar-refractivity contribution in [1.29, 1.82) is 0 Å². The molecule has 0 amide bonds. The average molecular weight is 683 g/mol. The molecule has 2 heterocycles. The number of fused-ring (bicyclic) bond motifs is 2. The van der Waals surface area contributed by atoms with Crippen LogP contribution < -0.4 is 0 Å². The maximum Gasteiger partial charge on any atom is 0.164 e. The summed E-state index contributed by atoms with van der Waals surface area (Å²) in [6.07, 6.45) is 7.53. The lowest BCUT2D eigenvalue weighted by Gasteiger charge is -2.24. The molecule has 9 rings (SSSR count). The van der Waals surface area contributed by atoms with Crippen LogP contribution in [0, 0.1) is 6.92 Å². The Labute approximate surface area is 310 Å². The van der Waals surface area contributed by atoms with Crippen LogP contribution in [0.2, 0.25) is 0 Å². The van der Waals surface area contributed by atoms with Gasteiger partial charge in [-0.25, -0.2) is 15.0 Å². The summed E-state index contributed by atoms with van der Waals surface area (Å²) < 4.78 is 0. The van der Waals surface area contributed by atoms with Gasteiger partial charge in [0.25, 0.3) is 0 Å². The van der Waals surface area contributed by atoms with Gasteiger partial charge in [0.05, 0.1) is 0 Å². The first-order valence-electron chi connectivity index (χ1n) is 18.4. The molecule has 1 aliphatic carbocycles. The molecule has 0 N–H and O–H groups in total. The molecule has 4 nitrogen and oxygen atoms in total. The van der Waals surface area contributed by atoms with E-state index in [1.54, 1.807) is 0 Å². The second-order valence-corrected chi connectivity index (χ2v) is 13.6. The Balaban J connectivity index is 1.22. The maximum atomic E-state index is 5.18. The summed E-state index contributed by atoms with van der Waals surface area (Å²) in [4.78, 5) is 20.2. The van der Waals surface area contributed by atoms with Gasteiger partial charge in [0, 0.05) is 33.6 Å². The van der Waals surface area contributed by atoms with Crippen LogP contribution in [0.15, 0.2) is 152 Å². The van der Waals surface area contributed by atoms with Gasteiger partial charge in [0.1, 0.15) is 0 Å². The first kappa shape index (κ1) is 32.4. The van der Waals surface area contributed by atoms with E-state index in [-0.39, 0.29) is 0 Å². The van der Waals surface area contributed by atoms with Crippen LogP contribution in [0.5, 0.6) is 0 Å². The number of hydrogen-bond acceptors (Lipinski definition) is 4. The van der Waals surface area contributed by atoms with Crippen LogP contribution in [0.1, 0.15) is 35.9 Å². The number of pyridine rings is 1. The lowest BCUT2D eigenvalue weighted by Crippen LogP contribution is -2.03. The number of nitrogens with zero attached hydrogens (tertiary/aromatic N) is 4. The van der Waals surface area contributed by atoms with E-state index in [0.717, 1.165) is 64.0 Å². The zero-order valence-electron chi connectivity index (χ0n) is 29.9. The van der Waals surface area contributed by atoms with E-state index >= 15 is 0 Å². The third kappa shape index (κ3) is 6.13. The molecule has 0 fully saturated rings. The number of hydrogen-bond donors (Lipinski definition) is 0. The van der Waals surface area contributed by atoms with Gasteiger partial charge in [-0.3, -0.25) is 4.98 Å². The Morgan fingerprint density at radius 3 is 1.72 bits per heavy atom. The van der Waals surface area contributed by atoms with E-state index in [2.05, 4.69) is 146 Å². The molecule has 8 aromatic rings. The molecule has 0 bridgehead atoms. The monoisotopic (exact) mass is 682 g/mol. The Morgan fingerprint density at radius 1 is 0.491 bits per heavy atom. The lowest BCUT2D eigenvalue weighted by atomic mass is 9.80. The van der Waals surface area contributed by atoms with Crippen molar-refractivity contribution in [3.8, 4) is 67.5 Å². The second kappa shape index (κ2) is 13.9. The van der Waals surface area contributed by atoms with E-state index in [9.17, 15) is 0 Å². The van der Waals surface area contributed by atoms with Gasteiger partial charge in [0.2, 0.25) is 0 Å². The summed E-state index contributed by atoms with van der Waals surface area (Å²) in [6.45, 7) is 4.19. The highest BCUT2D eigenvalue weighted by Gasteiger charge is 2.22. The molecule has 0 spiro atoms. The highest BCUT2D eigenvalue weighted by molar-refractivity contribution is 6.10. The molecule has 0 saturated heterocycles. The predicted molar refractivity (Wildman–Crippen MR) is 219 cm³/mol. The molecular weight excluding hydrogens is 645 g/mol. The van der Waals surface area contributed by atoms with Crippen LogP contribution in [-0.4, -0.2) is 19.9 Å². The lowest BCUT2D eigenvalue weighted by molar-refractivity contribution is 0.991. The van der Waals surface area contributed by atoms with Crippen LogP contribution >= 0.6 is 0 Å². The van der Waals surface area contributed by atoms with Gasteiger partial charge >= 0.3 is 0 Å². The third-order valence-electron chi connectivity index (χ3n) is 10.2. The molecule has 0 aliphatic heterocycles. The zero-order valence-corrected chi connectivity index (χ0v) is 29.9. The number of rotatable bonds is 7. The average Bonchev–Trinajstić information content (AvgIpc) is 3.23. The molecule has 254 valence electrons. The molecule has 1 aliphatic rings. The number of allylic oxidation sites excluding steroid dienone is 1. The molecule has 6 aromatic carbocycles. The van der Waals surface area contributed by atoms with Gasteiger partial charge in [-0.15, -0.1) is 0 Å². The van der Waals surface area contributed by atoms with Crippen LogP contribution in [0.4, 0.5) is 0 Å².